The second-order valence-electron chi connectivity index (χ2n) is 6.16. The van der Waals surface area contributed by atoms with Gasteiger partial charge in [-0.05, 0) is 50.7 Å². The predicted octanol–water partition coefficient (Wildman–Crippen LogP) is 2.86. The van der Waals surface area contributed by atoms with Crippen LogP contribution < -0.4 is 0 Å². The van der Waals surface area contributed by atoms with E-state index in [-0.39, 0.29) is 17.9 Å². The number of hydrogen-bond acceptors (Lipinski definition) is 3. The molecule has 3 rings (SSSR count). The van der Waals surface area contributed by atoms with Crippen LogP contribution in [-0.2, 0) is 12.8 Å². The van der Waals surface area contributed by atoms with Gasteiger partial charge >= 0.3 is 0 Å². The monoisotopic (exact) mass is 293 g/mol. The molecule has 1 saturated heterocycles. The zero-order valence-corrected chi connectivity index (χ0v) is 12.9. The van der Waals surface area contributed by atoms with Crippen molar-refractivity contribution in [1.29, 1.82) is 0 Å². The fourth-order valence-electron chi connectivity index (χ4n) is 3.29. The molecule has 0 aromatic carbocycles. The molecule has 0 saturated carbocycles. The Hall–Kier alpha value is -0.870. The first-order valence-electron chi connectivity index (χ1n) is 7.74. The van der Waals surface area contributed by atoms with Gasteiger partial charge in [0.25, 0.3) is 5.91 Å². The Morgan fingerprint density at radius 3 is 2.95 bits per heavy atom. The maximum absolute atomic E-state index is 12.6. The Balaban J connectivity index is 1.72. The maximum atomic E-state index is 12.6. The quantitative estimate of drug-likeness (QED) is 0.852. The Bertz CT molecular complexity index is 471. The molecule has 1 aromatic heterocycles. The summed E-state index contributed by atoms with van der Waals surface area (Å²) in [6.45, 7) is 3.32. The van der Waals surface area contributed by atoms with Crippen molar-refractivity contribution in [2.75, 3.05) is 13.1 Å². The summed E-state index contributed by atoms with van der Waals surface area (Å²) in [5.74, 6) is 0.419. The normalized spacial score (nSPS) is 24.3. The second kappa shape index (κ2) is 5.86. The summed E-state index contributed by atoms with van der Waals surface area (Å²) < 4.78 is 0. The minimum absolute atomic E-state index is 0.172. The van der Waals surface area contributed by atoms with Crippen molar-refractivity contribution in [2.24, 2.45) is 5.92 Å². The summed E-state index contributed by atoms with van der Waals surface area (Å²) in [6.07, 6.45) is 6.72. The molecule has 1 fully saturated rings. The van der Waals surface area contributed by atoms with E-state index in [0.29, 0.717) is 6.54 Å². The highest BCUT2D eigenvalue weighted by molar-refractivity contribution is 7.14. The largest absolute Gasteiger partial charge is 0.393 e. The van der Waals surface area contributed by atoms with E-state index in [1.165, 1.54) is 29.7 Å². The third-order valence-corrected chi connectivity index (χ3v) is 5.88. The first kappa shape index (κ1) is 14.1. The van der Waals surface area contributed by atoms with Gasteiger partial charge in [0.2, 0.25) is 0 Å². The summed E-state index contributed by atoms with van der Waals surface area (Å²) in [6, 6.07) is 2.13. The number of rotatable bonds is 2. The van der Waals surface area contributed by atoms with Gasteiger partial charge in [0.05, 0.1) is 11.0 Å². The van der Waals surface area contributed by atoms with Crippen LogP contribution in [0, 0.1) is 5.92 Å². The first-order valence-corrected chi connectivity index (χ1v) is 8.55. The molecule has 110 valence electrons. The molecule has 1 aromatic rings. The maximum Gasteiger partial charge on any atom is 0.263 e. The molecule has 1 aliphatic carbocycles. The third kappa shape index (κ3) is 2.77. The van der Waals surface area contributed by atoms with E-state index in [9.17, 15) is 9.90 Å². The van der Waals surface area contributed by atoms with Crippen molar-refractivity contribution in [3.05, 3.63) is 21.4 Å². The van der Waals surface area contributed by atoms with Crippen LogP contribution in [0.2, 0.25) is 0 Å². The Morgan fingerprint density at radius 1 is 1.40 bits per heavy atom. The van der Waals surface area contributed by atoms with E-state index in [1.807, 2.05) is 11.8 Å². The summed E-state index contributed by atoms with van der Waals surface area (Å²) in [4.78, 5) is 16.8. The zero-order valence-electron chi connectivity index (χ0n) is 12.1. The summed E-state index contributed by atoms with van der Waals surface area (Å²) in [7, 11) is 0. The molecule has 2 atom stereocenters. The Kier molecular flexibility index (Phi) is 4.13. The highest BCUT2D eigenvalue weighted by atomic mass is 32.1. The highest BCUT2D eigenvalue weighted by Crippen LogP contribution is 2.31. The van der Waals surface area contributed by atoms with Crippen molar-refractivity contribution >= 4 is 17.2 Å². The smallest absolute Gasteiger partial charge is 0.263 e. The number of likely N-dealkylation sites (tertiary alicyclic amines) is 1. The Morgan fingerprint density at radius 2 is 2.20 bits per heavy atom. The number of aliphatic hydroxyl groups excluding tert-OH is 1. The minimum Gasteiger partial charge on any atom is -0.393 e. The van der Waals surface area contributed by atoms with Crippen LogP contribution in [-0.4, -0.2) is 35.1 Å². The van der Waals surface area contributed by atoms with Gasteiger partial charge < -0.3 is 10.0 Å². The van der Waals surface area contributed by atoms with Gasteiger partial charge in [-0.3, -0.25) is 4.79 Å². The van der Waals surface area contributed by atoms with Crippen molar-refractivity contribution in [3.63, 3.8) is 0 Å². The van der Waals surface area contributed by atoms with Crippen molar-refractivity contribution < 1.29 is 9.90 Å². The molecule has 0 spiro atoms. The number of thiophene rings is 1. The van der Waals surface area contributed by atoms with E-state index < -0.39 is 0 Å². The van der Waals surface area contributed by atoms with E-state index in [1.54, 1.807) is 11.3 Å². The standard InChI is InChI=1S/C16H23NO2S/c1-11(18)13-7-8-17(10-13)16(19)15-9-12-5-3-2-4-6-14(12)20-15/h9,11,13,18H,2-8,10H2,1H3. The van der Waals surface area contributed by atoms with Gasteiger partial charge in [0, 0.05) is 23.9 Å². The van der Waals surface area contributed by atoms with Gasteiger partial charge in [0.15, 0.2) is 0 Å². The highest BCUT2D eigenvalue weighted by Gasteiger charge is 2.30. The number of carbonyl (C=O) groups is 1. The van der Waals surface area contributed by atoms with Gasteiger partial charge in [-0.1, -0.05) is 6.42 Å². The van der Waals surface area contributed by atoms with E-state index in [2.05, 4.69) is 6.07 Å². The lowest BCUT2D eigenvalue weighted by molar-refractivity contribution is 0.0767. The third-order valence-electron chi connectivity index (χ3n) is 4.65. The molecule has 4 heteroatoms. The molecule has 20 heavy (non-hydrogen) atoms. The minimum atomic E-state index is -0.312. The van der Waals surface area contributed by atoms with Gasteiger partial charge in [-0.15, -0.1) is 11.3 Å². The summed E-state index contributed by atoms with van der Waals surface area (Å²) in [5, 5.41) is 9.65. The van der Waals surface area contributed by atoms with Gasteiger partial charge in [0.1, 0.15) is 0 Å². The lowest BCUT2D eigenvalue weighted by Gasteiger charge is -2.16. The topological polar surface area (TPSA) is 40.5 Å². The number of hydrogen-bond donors (Lipinski definition) is 1. The Labute approximate surface area is 124 Å². The second-order valence-corrected chi connectivity index (χ2v) is 7.30. The van der Waals surface area contributed by atoms with Crippen molar-refractivity contribution in [2.45, 2.75) is 51.6 Å². The van der Waals surface area contributed by atoms with Crippen molar-refractivity contribution in [1.82, 2.24) is 4.90 Å². The molecule has 1 aliphatic heterocycles. The van der Waals surface area contributed by atoms with Gasteiger partial charge in [-0.2, -0.15) is 0 Å². The zero-order chi connectivity index (χ0) is 14.1. The molecule has 1 N–H and O–H groups in total. The fourth-order valence-corrected chi connectivity index (χ4v) is 4.52. The number of aryl methyl sites for hydroxylation is 2. The lowest BCUT2D eigenvalue weighted by atomic mass is 10.0. The number of carbonyl (C=O) groups excluding carboxylic acids is 1. The van der Waals surface area contributed by atoms with Crippen LogP contribution in [0.5, 0.6) is 0 Å². The molecule has 0 bridgehead atoms. The number of aliphatic hydroxyl groups is 1. The van der Waals surface area contributed by atoms with E-state index in [0.717, 1.165) is 30.7 Å². The average Bonchev–Trinajstić information content (AvgIpc) is 3.01. The summed E-state index contributed by atoms with van der Waals surface area (Å²) in [5.41, 5.74) is 1.40. The van der Waals surface area contributed by atoms with Crippen LogP contribution in [0.1, 0.15) is 52.7 Å². The molecule has 3 nitrogen and oxygen atoms in total. The molecular formula is C16H23NO2S. The number of fused-ring (bicyclic) bond motifs is 1. The SMILES string of the molecule is CC(O)C1CCN(C(=O)c2cc3c(s2)CCCCC3)C1. The molecule has 0 radical (unpaired) electrons. The average molecular weight is 293 g/mol. The van der Waals surface area contributed by atoms with Crippen molar-refractivity contribution in [3.8, 4) is 0 Å². The number of amides is 1. The van der Waals surface area contributed by atoms with E-state index >= 15 is 0 Å². The van der Waals surface area contributed by atoms with Crippen LogP contribution in [0.3, 0.4) is 0 Å². The summed E-state index contributed by atoms with van der Waals surface area (Å²) >= 11 is 1.70. The van der Waals surface area contributed by atoms with Crippen LogP contribution >= 0.6 is 11.3 Å². The first-order chi connectivity index (χ1) is 9.65. The molecular weight excluding hydrogens is 270 g/mol. The molecule has 2 aliphatic rings. The van der Waals surface area contributed by atoms with Crippen LogP contribution in [0.4, 0.5) is 0 Å². The molecule has 2 unspecified atom stereocenters. The van der Waals surface area contributed by atoms with Crippen LogP contribution in [0.15, 0.2) is 6.07 Å². The van der Waals surface area contributed by atoms with E-state index in [4.69, 9.17) is 0 Å². The van der Waals surface area contributed by atoms with Crippen LogP contribution in [0.25, 0.3) is 0 Å². The molecule has 2 heterocycles. The molecule has 1 amide bonds. The predicted molar refractivity (Wildman–Crippen MR) is 81.3 cm³/mol. The lowest BCUT2D eigenvalue weighted by Crippen LogP contribution is -2.29. The van der Waals surface area contributed by atoms with Gasteiger partial charge in [-0.25, -0.2) is 0 Å². The fraction of sp³-hybridized carbons (Fsp3) is 0.688. The number of nitrogens with zero attached hydrogens (tertiary/aromatic N) is 1.